The summed E-state index contributed by atoms with van der Waals surface area (Å²) in [6.07, 6.45) is 1.39. The molecular formula is C27H24N4O4. The Hall–Kier alpha value is -4.85. The molecule has 4 rings (SSSR count). The molecule has 0 saturated carbocycles. The number of amides is 3. The van der Waals surface area contributed by atoms with Gasteiger partial charge in [0.25, 0.3) is 17.7 Å². The summed E-state index contributed by atoms with van der Waals surface area (Å²) in [6.45, 7) is 1.59. The molecule has 3 N–H and O–H groups in total. The van der Waals surface area contributed by atoms with E-state index >= 15 is 0 Å². The molecule has 176 valence electrons. The minimum absolute atomic E-state index is 0.120. The van der Waals surface area contributed by atoms with Crippen LogP contribution in [0.15, 0.2) is 108 Å². The van der Waals surface area contributed by atoms with Gasteiger partial charge in [0.2, 0.25) is 0 Å². The normalized spacial score (nSPS) is 11.2. The molecule has 0 aliphatic rings. The Labute approximate surface area is 202 Å². The number of carbonyl (C=O) groups excluding carboxylic acids is 3. The Kier molecular flexibility index (Phi) is 7.22. The molecule has 1 atom stereocenters. The van der Waals surface area contributed by atoms with Crippen LogP contribution < -0.4 is 21.1 Å². The minimum atomic E-state index is -0.869. The lowest BCUT2D eigenvalue weighted by Crippen LogP contribution is -2.50. The molecule has 0 spiro atoms. The second-order valence-electron chi connectivity index (χ2n) is 7.65. The molecule has 0 aliphatic carbocycles. The number of hydrazine groups is 1. The van der Waals surface area contributed by atoms with Gasteiger partial charge in [-0.15, -0.1) is 0 Å². The topological polar surface area (TPSA) is 104 Å². The maximum atomic E-state index is 13.0. The quantitative estimate of drug-likeness (QED) is 0.330. The average Bonchev–Trinajstić information content (AvgIpc) is 3.44. The standard InChI is InChI=1S/C27H24N4O4/c1-19(25(32)30-31(20-11-4-2-5-12-20)21-13-6-3-7-14-21)28-26(33)22-15-8-9-16-23(22)29-27(34)24-17-10-18-35-24/h2-19H,1H3,(H,28,33)(H,29,34)(H,30,32). The van der Waals surface area contributed by atoms with Crippen LogP contribution in [-0.4, -0.2) is 23.8 Å². The summed E-state index contributed by atoms with van der Waals surface area (Å²) in [5.41, 5.74) is 4.91. The summed E-state index contributed by atoms with van der Waals surface area (Å²) in [6, 6.07) is 27.5. The zero-order valence-electron chi connectivity index (χ0n) is 19.0. The molecule has 1 aromatic heterocycles. The van der Waals surface area contributed by atoms with Crippen molar-refractivity contribution in [3.63, 3.8) is 0 Å². The van der Waals surface area contributed by atoms with Crippen molar-refractivity contribution in [2.75, 3.05) is 10.3 Å². The number of nitrogens with zero attached hydrogens (tertiary/aromatic N) is 1. The van der Waals surface area contributed by atoms with Crippen molar-refractivity contribution >= 4 is 34.8 Å². The van der Waals surface area contributed by atoms with Gasteiger partial charge in [-0.1, -0.05) is 48.5 Å². The monoisotopic (exact) mass is 468 g/mol. The summed E-state index contributed by atoms with van der Waals surface area (Å²) in [4.78, 5) is 38.4. The van der Waals surface area contributed by atoms with E-state index in [1.54, 1.807) is 42.3 Å². The predicted molar refractivity (Wildman–Crippen MR) is 133 cm³/mol. The molecule has 4 aromatic rings. The highest BCUT2D eigenvalue weighted by atomic mass is 16.3. The van der Waals surface area contributed by atoms with Crippen molar-refractivity contribution in [1.29, 1.82) is 0 Å². The Morgan fingerprint density at radius 1 is 0.743 bits per heavy atom. The molecule has 0 aliphatic heterocycles. The SMILES string of the molecule is CC(NC(=O)c1ccccc1NC(=O)c1ccco1)C(=O)NN(c1ccccc1)c1ccccc1. The van der Waals surface area contributed by atoms with Crippen LogP contribution in [0.25, 0.3) is 0 Å². The number of nitrogens with one attached hydrogen (secondary N) is 3. The summed E-state index contributed by atoms with van der Waals surface area (Å²) < 4.78 is 5.10. The highest BCUT2D eigenvalue weighted by molar-refractivity contribution is 6.08. The molecule has 8 nitrogen and oxygen atoms in total. The van der Waals surface area contributed by atoms with Crippen LogP contribution in [0.4, 0.5) is 17.1 Å². The summed E-state index contributed by atoms with van der Waals surface area (Å²) >= 11 is 0. The van der Waals surface area contributed by atoms with Crippen LogP contribution >= 0.6 is 0 Å². The van der Waals surface area contributed by atoms with Gasteiger partial charge >= 0.3 is 0 Å². The first-order valence-electron chi connectivity index (χ1n) is 11.0. The number of rotatable bonds is 8. The van der Waals surface area contributed by atoms with E-state index in [1.807, 2.05) is 60.7 Å². The third-order valence-corrected chi connectivity index (χ3v) is 5.16. The number of para-hydroxylation sites is 3. The summed E-state index contributed by atoms with van der Waals surface area (Å²) in [5.74, 6) is -1.28. The van der Waals surface area contributed by atoms with Gasteiger partial charge in [0.15, 0.2) is 5.76 Å². The molecule has 0 fully saturated rings. The van der Waals surface area contributed by atoms with Crippen molar-refractivity contribution in [2.24, 2.45) is 0 Å². The van der Waals surface area contributed by atoms with Crippen LogP contribution in [0.3, 0.4) is 0 Å². The fraction of sp³-hybridized carbons (Fsp3) is 0.0741. The van der Waals surface area contributed by atoms with E-state index in [0.717, 1.165) is 11.4 Å². The molecule has 0 bridgehead atoms. The predicted octanol–water partition coefficient (Wildman–Crippen LogP) is 4.52. The first kappa shape index (κ1) is 23.3. The largest absolute Gasteiger partial charge is 0.459 e. The number of benzene rings is 3. The lowest BCUT2D eigenvalue weighted by atomic mass is 10.1. The third kappa shape index (κ3) is 5.75. The second kappa shape index (κ2) is 10.8. The molecular weight excluding hydrogens is 444 g/mol. The fourth-order valence-electron chi connectivity index (χ4n) is 3.36. The van der Waals surface area contributed by atoms with E-state index in [0.29, 0.717) is 5.69 Å². The van der Waals surface area contributed by atoms with E-state index in [4.69, 9.17) is 4.42 Å². The molecule has 1 heterocycles. The van der Waals surface area contributed by atoms with Gasteiger partial charge in [-0.3, -0.25) is 24.8 Å². The molecule has 3 aromatic carbocycles. The van der Waals surface area contributed by atoms with Crippen LogP contribution in [-0.2, 0) is 4.79 Å². The van der Waals surface area contributed by atoms with Gasteiger partial charge in [0.05, 0.1) is 28.9 Å². The van der Waals surface area contributed by atoms with Crippen molar-refractivity contribution in [1.82, 2.24) is 10.7 Å². The van der Waals surface area contributed by atoms with E-state index in [2.05, 4.69) is 16.1 Å². The van der Waals surface area contributed by atoms with Crippen molar-refractivity contribution in [2.45, 2.75) is 13.0 Å². The van der Waals surface area contributed by atoms with Gasteiger partial charge in [0.1, 0.15) is 6.04 Å². The fourth-order valence-corrected chi connectivity index (χ4v) is 3.36. The van der Waals surface area contributed by atoms with Gasteiger partial charge in [-0.05, 0) is 55.5 Å². The third-order valence-electron chi connectivity index (χ3n) is 5.16. The molecule has 8 heteroatoms. The highest BCUT2D eigenvalue weighted by Gasteiger charge is 2.22. The Morgan fingerprint density at radius 3 is 1.94 bits per heavy atom. The minimum Gasteiger partial charge on any atom is -0.459 e. The van der Waals surface area contributed by atoms with Gasteiger partial charge in [0, 0.05) is 0 Å². The molecule has 0 saturated heterocycles. The van der Waals surface area contributed by atoms with Gasteiger partial charge in [-0.2, -0.15) is 0 Å². The van der Waals surface area contributed by atoms with Crippen LogP contribution in [0.2, 0.25) is 0 Å². The van der Waals surface area contributed by atoms with Gasteiger partial charge in [-0.25, -0.2) is 0 Å². The number of anilines is 3. The number of hydrogen-bond acceptors (Lipinski definition) is 5. The first-order chi connectivity index (χ1) is 17.0. The highest BCUT2D eigenvalue weighted by Crippen LogP contribution is 2.22. The molecule has 0 radical (unpaired) electrons. The van der Waals surface area contributed by atoms with Crippen LogP contribution in [0.1, 0.15) is 27.8 Å². The zero-order chi connectivity index (χ0) is 24.6. The van der Waals surface area contributed by atoms with Crippen LogP contribution in [0.5, 0.6) is 0 Å². The average molecular weight is 469 g/mol. The zero-order valence-corrected chi connectivity index (χ0v) is 19.0. The number of hydrogen-bond donors (Lipinski definition) is 3. The number of furan rings is 1. The second-order valence-corrected chi connectivity index (χ2v) is 7.65. The van der Waals surface area contributed by atoms with E-state index in [-0.39, 0.29) is 11.3 Å². The Bertz CT molecular complexity index is 1250. The van der Waals surface area contributed by atoms with E-state index in [9.17, 15) is 14.4 Å². The molecule has 1 unspecified atom stereocenters. The molecule has 35 heavy (non-hydrogen) atoms. The Balaban J connectivity index is 1.46. The molecule has 3 amide bonds. The lowest BCUT2D eigenvalue weighted by Gasteiger charge is -2.27. The van der Waals surface area contributed by atoms with Crippen molar-refractivity contribution < 1.29 is 18.8 Å². The Morgan fingerprint density at radius 2 is 1.34 bits per heavy atom. The van der Waals surface area contributed by atoms with Gasteiger partial charge < -0.3 is 15.1 Å². The smallest absolute Gasteiger partial charge is 0.291 e. The van der Waals surface area contributed by atoms with Crippen molar-refractivity contribution in [3.8, 4) is 0 Å². The lowest BCUT2D eigenvalue weighted by molar-refractivity contribution is -0.122. The summed E-state index contributed by atoms with van der Waals surface area (Å²) in [5, 5.41) is 7.02. The van der Waals surface area contributed by atoms with E-state index in [1.165, 1.54) is 12.3 Å². The number of carbonyl (C=O) groups is 3. The van der Waals surface area contributed by atoms with E-state index < -0.39 is 23.8 Å². The first-order valence-corrected chi connectivity index (χ1v) is 11.0. The maximum absolute atomic E-state index is 13.0. The summed E-state index contributed by atoms with van der Waals surface area (Å²) in [7, 11) is 0. The maximum Gasteiger partial charge on any atom is 0.291 e. The van der Waals surface area contributed by atoms with Crippen LogP contribution in [0, 0.1) is 0 Å². The van der Waals surface area contributed by atoms with Crippen molar-refractivity contribution in [3.05, 3.63) is 115 Å².